The number of carbonyl (C=O) groups excluding carboxylic acids is 2. The van der Waals surface area contributed by atoms with Crippen LogP contribution in [0.5, 0.6) is 0 Å². The zero-order valence-electron chi connectivity index (χ0n) is 22.4. The average Bonchev–Trinajstić information content (AvgIpc) is 3.52. The minimum atomic E-state index is -0.0675. The van der Waals surface area contributed by atoms with Crippen LogP contribution in [0.2, 0.25) is 0 Å². The van der Waals surface area contributed by atoms with Gasteiger partial charge in [0, 0.05) is 63.0 Å². The number of aryl methyl sites for hydroxylation is 3. The Morgan fingerprint density at radius 3 is 2.46 bits per heavy atom. The number of likely N-dealkylation sites (tertiary alicyclic amines) is 1. The molecule has 2 aliphatic heterocycles. The SMILES string of the molecule is Cc1ccc(C(C)NC(=O)c2ccc(CN3CCc4c(c(C(=O)N5CCCC5)nn4C)C3)cc2)c(C)c1. The van der Waals surface area contributed by atoms with E-state index in [4.69, 9.17) is 0 Å². The third kappa shape index (κ3) is 5.32. The molecule has 3 heterocycles. The van der Waals surface area contributed by atoms with Gasteiger partial charge in [0.25, 0.3) is 11.8 Å². The molecule has 5 rings (SSSR count). The maximum absolute atomic E-state index is 13.1. The molecule has 0 aliphatic carbocycles. The summed E-state index contributed by atoms with van der Waals surface area (Å²) in [6, 6.07) is 14.1. The van der Waals surface area contributed by atoms with Gasteiger partial charge in [0.2, 0.25) is 0 Å². The number of nitrogens with zero attached hydrogens (tertiary/aromatic N) is 4. The van der Waals surface area contributed by atoms with E-state index in [1.165, 1.54) is 16.8 Å². The molecule has 1 N–H and O–H groups in total. The number of hydrogen-bond donors (Lipinski definition) is 1. The molecule has 0 radical (unpaired) electrons. The Balaban J connectivity index is 1.22. The predicted molar refractivity (Wildman–Crippen MR) is 144 cm³/mol. The van der Waals surface area contributed by atoms with E-state index in [0.717, 1.165) is 62.1 Å². The van der Waals surface area contributed by atoms with E-state index in [-0.39, 0.29) is 17.9 Å². The lowest BCUT2D eigenvalue weighted by atomic mass is 10.00. The summed E-state index contributed by atoms with van der Waals surface area (Å²) in [7, 11) is 1.94. The first-order valence-corrected chi connectivity index (χ1v) is 13.3. The summed E-state index contributed by atoms with van der Waals surface area (Å²) < 4.78 is 1.89. The van der Waals surface area contributed by atoms with Crippen LogP contribution < -0.4 is 5.32 Å². The van der Waals surface area contributed by atoms with Crippen LogP contribution in [-0.4, -0.2) is 51.0 Å². The molecule has 1 saturated heterocycles. The molecule has 37 heavy (non-hydrogen) atoms. The summed E-state index contributed by atoms with van der Waals surface area (Å²) in [5.41, 5.74) is 8.22. The van der Waals surface area contributed by atoms with E-state index in [1.54, 1.807) is 0 Å². The highest BCUT2D eigenvalue weighted by Crippen LogP contribution is 2.26. The number of rotatable bonds is 6. The predicted octanol–water partition coefficient (Wildman–Crippen LogP) is 4.32. The molecule has 0 spiro atoms. The minimum Gasteiger partial charge on any atom is -0.346 e. The first-order valence-electron chi connectivity index (χ1n) is 13.3. The van der Waals surface area contributed by atoms with Crippen molar-refractivity contribution in [1.29, 1.82) is 0 Å². The normalized spacial score (nSPS) is 16.5. The van der Waals surface area contributed by atoms with Crippen molar-refractivity contribution in [3.8, 4) is 0 Å². The van der Waals surface area contributed by atoms with Crippen LogP contribution in [0.25, 0.3) is 0 Å². The van der Waals surface area contributed by atoms with Crippen molar-refractivity contribution in [3.63, 3.8) is 0 Å². The molecule has 1 aromatic heterocycles. The third-order valence-electron chi connectivity index (χ3n) is 7.78. The van der Waals surface area contributed by atoms with Crippen LogP contribution in [0.1, 0.15) is 80.2 Å². The van der Waals surface area contributed by atoms with E-state index in [9.17, 15) is 9.59 Å². The molecule has 2 amide bonds. The molecule has 2 aliphatic rings. The monoisotopic (exact) mass is 499 g/mol. The summed E-state index contributed by atoms with van der Waals surface area (Å²) >= 11 is 0. The van der Waals surface area contributed by atoms with Crippen LogP contribution in [0.15, 0.2) is 42.5 Å². The number of fused-ring (bicyclic) bond motifs is 1. The molecule has 1 atom stereocenters. The molecule has 7 nitrogen and oxygen atoms in total. The van der Waals surface area contributed by atoms with E-state index in [2.05, 4.69) is 47.4 Å². The average molecular weight is 500 g/mol. The number of carbonyl (C=O) groups is 2. The molecule has 0 saturated carbocycles. The maximum Gasteiger partial charge on any atom is 0.274 e. The molecule has 1 fully saturated rings. The molecule has 7 heteroatoms. The number of benzene rings is 2. The van der Waals surface area contributed by atoms with Gasteiger partial charge in [-0.15, -0.1) is 0 Å². The fourth-order valence-corrected chi connectivity index (χ4v) is 5.71. The van der Waals surface area contributed by atoms with Gasteiger partial charge < -0.3 is 10.2 Å². The van der Waals surface area contributed by atoms with Crippen LogP contribution in [-0.2, 0) is 26.6 Å². The second-order valence-corrected chi connectivity index (χ2v) is 10.6. The Hall–Kier alpha value is -3.45. The van der Waals surface area contributed by atoms with Gasteiger partial charge >= 0.3 is 0 Å². The number of aromatic nitrogens is 2. The maximum atomic E-state index is 13.1. The summed E-state index contributed by atoms with van der Waals surface area (Å²) in [6.45, 7) is 10.2. The molecule has 3 aromatic rings. The van der Waals surface area contributed by atoms with Gasteiger partial charge in [-0.2, -0.15) is 5.10 Å². The fraction of sp³-hybridized carbons (Fsp3) is 0.433. The minimum absolute atomic E-state index is 0.0627. The van der Waals surface area contributed by atoms with Gasteiger partial charge in [0.15, 0.2) is 5.69 Å². The molecule has 1 unspecified atom stereocenters. The van der Waals surface area contributed by atoms with E-state index < -0.39 is 0 Å². The third-order valence-corrected chi connectivity index (χ3v) is 7.78. The van der Waals surface area contributed by atoms with E-state index >= 15 is 0 Å². The Kier molecular flexibility index (Phi) is 7.15. The van der Waals surface area contributed by atoms with E-state index in [0.29, 0.717) is 17.8 Å². The van der Waals surface area contributed by atoms with Crippen molar-refractivity contribution in [2.75, 3.05) is 19.6 Å². The van der Waals surface area contributed by atoms with Crippen LogP contribution in [0, 0.1) is 13.8 Å². The van der Waals surface area contributed by atoms with Crippen molar-refractivity contribution in [3.05, 3.63) is 87.2 Å². The van der Waals surface area contributed by atoms with Crippen molar-refractivity contribution >= 4 is 11.8 Å². The molecule has 0 bridgehead atoms. The van der Waals surface area contributed by atoms with Crippen LogP contribution >= 0.6 is 0 Å². The molecule has 2 aromatic carbocycles. The van der Waals surface area contributed by atoms with Gasteiger partial charge in [0.05, 0.1) is 6.04 Å². The van der Waals surface area contributed by atoms with Gasteiger partial charge in [-0.1, -0.05) is 35.9 Å². The first-order chi connectivity index (χ1) is 17.8. The number of nitrogens with one attached hydrogen (secondary N) is 1. The lowest BCUT2D eigenvalue weighted by Gasteiger charge is -2.28. The smallest absolute Gasteiger partial charge is 0.274 e. The zero-order chi connectivity index (χ0) is 26.1. The zero-order valence-corrected chi connectivity index (χ0v) is 22.4. The summed E-state index contributed by atoms with van der Waals surface area (Å²) in [6.07, 6.45) is 3.03. The quantitative estimate of drug-likeness (QED) is 0.548. The highest BCUT2D eigenvalue weighted by atomic mass is 16.2. The van der Waals surface area contributed by atoms with E-state index in [1.807, 2.05) is 47.8 Å². The summed E-state index contributed by atoms with van der Waals surface area (Å²) in [5, 5.41) is 7.75. The summed E-state index contributed by atoms with van der Waals surface area (Å²) in [4.78, 5) is 30.3. The van der Waals surface area contributed by atoms with Gasteiger partial charge in [0.1, 0.15) is 0 Å². The van der Waals surface area contributed by atoms with Crippen molar-refractivity contribution < 1.29 is 9.59 Å². The second kappa shape index (κ2) is 10.5. The highest BCUT2D eigenvalue weighted by Gasteiger charge is 2.30. The standard InChI is InChI=1S/C30H37N5O2/c1-20-7-12-25(21(2)17-20)22(3)31-29(36)24-10-8-23(9-11-24)18-34-16-13-27-26(19-34)28(32-33(27)4)30(37)35-14-5-6-15-35/h7-12,17,22H,5-6,13-16,18-19H2,1-4H3,(H,31,36). The first kappa shape index (κ1) is 25.2. The van der Waals surface area contributed by atoms with Crippen molar-refractivity contribution in [2.45, 2.75) is 59.2 Å². The molecular formula is C30H37N5O2. The largest absolute Gasteiger partial charge is 0.346 e. The summed E-state index contributed by atoms with van der Waals surface area (Å²) in [5.74, 6) is 0.00342. The Morgan fingerprint density at radius 2 is 1.76 bits per heavy atom. The van der Waals surface area contributed by atoms with Gasteiger partial charge in [-0.05, 0) is 62.4 Å². The molecule has 194 valence electrons. The number of hydrogen-bond acceptors (Lipinski definition) is 4. The topological polar surface area (TPSA) is 70.5 Å². The Bertz CT molecular complexity index is 1300. The van der Waals surface area contributed by atoms with Crippen LogP contribution in [0.3, 0.4) is 0 Å². The van der Waals surface area contributed by atoms with Crippen molar-refractivity contribution in [2.24, 2.45) is 7.05 Å². The second-order valence-electron chi connectivity index (χ2n) is 10.6. The number of amides is 2. The fourth-order valence-electron chi connectivity index (χ4n) is 5.71. The van der Waals surface area contributed by atoms with Crippen molar-refractivity contribution in [1.82, 2.24) is 24.9 Å². The van der Waals surface area contributed by atoms with Crippen LogP contribution in [0.4, 0.5) is 0 Å². The Labute approximate surface area is 219 Å². The lowest BCUT2D eigenvalue weighted by Crippen LogP contribution is -2.33. The molecular weight excluding hydrogens is 462 g/mol. The lowest BCUT2D eigenvalue weighted by molar-refractivity contribution is 0.0783. The van der Waals surface area contributed by atoms with Gasteiger partial charge in [-0.25, -0.2) is 0 Å². The highest BCUT2D eigenvalue weighted by molar-refractivity contribution is 5.95. The Morgan fingerprint density at radius 1 is 1.03 bits per heavy atom. The van der Waals surface area contributed by atoms with Gasteiger partial charge in [-0.3, -0.25) is 19.2 Å².